The zero-order chi connectivity index (χ0) is 15.5. The molecule has 0 aliphatic rings. The Morgan fingerprint density at radius 1 is 1.09 bits per heavy atom. The summed E-state index contributed by atoms with van der Waals surface area (Å²) in [6, 6.07) is 14.7. The van der Waals surface area contributed by atoms with Gasteiger partial charge >= 0.3 is 0 Å². The third-order valence-corrected chi connectivity index (χ3v) is 3.64. The Hall–Kier alpha value is -1.95. The van der Waals surface area contributed by atoms with Gasteiger partial charge in [0.25, 0.3) is 0 Å². The van der Waals surface area contributed by atoms with Gasteiger partial charge in [-0.05, 0) is 42.0 Å². The Labute approximate surface area is 142 Å². The fourth-order valence-corrected chi connectivity index (χ4v) is 2.49. The highest BCUT2D eigenvalue weighted by molar-refractivity contribution is 7.71. The highest BCUT2D eigenvalue weighted by Gasteiger charge is 2.08. The van der Waals surface area contributed by atoms with Crippen LogP contribution >= 0.6 is 35.4 Å². The third kappa shape index (κ3) is 3.27. The number of hydrogen-bond donors (Lipinski definition) is 1. The van der Waals surface area contributed by atoms with Gasteiger partial charge in [-0.25, -0.2) is 5.10 Å². The minimum atomic E-state index is 0.397. The zero-order valence-electron chi connectivity index (χ0n) is 11.2. The standard InChI is InChI=1S/C15H10Cl2N4S/c16-12-5-1-3-10(7-12)9-18-21-14(19-20-15(21)22)11-4-2-6-13(17)8-11/h1-9H,(H,20,22)/b18-9+. The van der Waals surface area contributed by atoms with Gasteiger partial charge in [-0.15, -0.1) is 0 Å². The summed E-state index contributed by atoms with van der Waals surface area (Å²) < 4.78 is 1.94. The fraction of sp³-hybridized carbons (Fsp3) is 0. The van der Waals surface area contributed by atoms with Gasteiger partial charge in [-0.3, -0.25) is 0 Å². The lowest BCUT2D eigenvalue weighted by Crippen LogP contribution is -1.95. The number of hydrogen-bond acceptors (Lipinski definition) is 3. The number of H-pyrrole nitrogens is 1. The van der Waals surface area contributed by atoms with E-state index >= 15 is 0 Å². The second-order valence-corrected chi connectivity index (χ2v) is 5.73. The van der Waals surface area contributed by atoms with Gasteiger partial charge in [-0.1, -0.05) is 47.5 Å². The first-order valence-corrected chi connectivity index (χ1v) is 7.53. The van der Waals surface area contributed by atoms with Crippen LogP contribution in [0.15, 0.2) is 53.6 Å². The van der Waals surface area contributed by atoms with E-state index in [4.69, 9.17) is 35.4 Å². The van der Waals surface area contributed by atoms with E-state index in [1.807, 2.05) is 30.3 Å². The van der Waals surface area contributed by atoms with Crippen molar-refractivity contribution < 1.29 is 0 Å². The minimum Gasteiger partial charge on any atom is -0.250 e. The molecule has 4 nitrogen and oxygen atoms in total. The van der Waals surface area contributed by atoms with Crippen molar-refractivity contribution in [1.82, 2.24) is 14.9 Å². The van der Waals surface area contributed by atoms with E-state index in [9.17, 15) is 0 Å². The summed E-state index contributed by atoms with van der Waals surface area (Å²) in [5, 5.41) is 12.6. The summed E-state index contributed by atoms with van der Waals surface area (Å²) in [7, 11) is 0. The Morgan fingerprint density at radius 2 is 1.82 bits per heavy atom. The Morgan fingerprint density at radius 3 is 2.55 bits per heavy atom. The van der Waals surface area contributed by atoms with Crippen LogP contribution in [0.5, 0.6) is 0 Å². The molecule has 0 unspecified atom stereocenters. The molecule has 1 heterocycles. The topological polar surface area (TPSA) is 46.0 Å². The molecule has 0 fully saturated rings. The van der Waals surface area contributed by atoms with E-state index in [1.165, 1.54) is 0 Å². The summed E-state index contributed by atoms with van der Waals surface area (Å²) >= 11 is 17.2. The number of halogens is 2. The quantitative estimate of drug-likeness (QED) is 0.545. The van der Waals surface area contributed by atoms with Crippen molar-refractivity contribution in [3.63, 3.8) is 0 Å². The van der Waals surface area contributed by atoms with Crippen LogP contribution in [0.3, 0.4) is 0 Å². The molecule has 2 aromatic carbocycles. The first kappa shape index (κ1) is 15.0. The van der Waals surface area contributed by atoms with Crippen LogP contribution in [0, 0.1) is 4.77 Å². The SMILES string of the molecule is S=c1[nH]nc(-c2cccc(Cl)c2)n1/N=C/c1cccc(Cl)c1. The zero-order valence-corrected chi connectivity index (χ0v) is 13.5. The predicted molar refractivity (Wildman–Crippen MR) is 92.3 cm³/mol. The first-order valence-electron chi connectivity index (χ1n) is 6.37. The Balaban J connectivity index is 2.01. The van der Waals surface area contributed by atoms with Gasteiger partial charge < -0.3 is 0 Å². The summed E-state index contributed by atoms with van der Waals surface area (Å²) in [4.78, 5) is 0. The molecule has 110 valence electrons. The third-order valence-electron chi connectivity index (χ3n) is 2.90. The molecule has 0 aliphatic carbocycles. The predicted octanol–water partition coefficient (Wildman–Crippen LogP) is 4.80. The van der Waals surface area contributed by atoms with Gasteiger partial charge in [0.1, 0.15) is 0 Å². The lowest BCUT2D eigenvalue weighted by atomic mass is 10.2. The highest BCUT2D eigenvalue weighted by atomic mass is 35.5. The number of nitrogens with one attached hydrogen (secondary N) is 1. The molecule has 0 spiro atoms. The van der Waals surface area contributed by atoms with E-state index in [0.717, 1.165) is 11.1 Å². The lowest BCUT2D eigenvalue weighted by molar-refractivity contribution is 0.871. The van der Waals surface area contributed by atoms with Crippen molar-refractivity contribution in [3.05, 3.63) is 68.9 Å². The van der Waals surface area contributed by atoms with Crippen LogP contribution in [0.1, 0.15) is 5.56 Å². The van der Waals surface area contributed by atoms with Crippen molar-refractivity contribution in [2.45, 2.75) is 0 Å². The van der Waals surface area contributed by atoms with Crippen LogP contribution in [0.4, 0.5) is 0 Å². The molecule has 1 N–H and O–H groups in total. The molecule has 0 saturated carbocycles. The van der Waals surface area contributed by atoms with E-state index in [-0.39, 0.29) is 0 Å². The second kappa shape index (κ2) is 6.44. The van der Waals surface area contributed by atoms with Crippen molar-refractivity contribution in [3.8, 4) is 11.4 Å². The molecule has 0 saturated heterocycles. The van der Waals surface area contributed by atoms with Gasteiger partial charge in [0.05, 0.1) is 6.21 Å². The molecule has 3 rings (SSSR count). The maximum absolute atomic E-state index is 6.02. The number of aromatic amines is 1. The monoisotopic (exact) mass is 348 g/mol. The number of benzene rings is 2. The molecule has 1 aromatic heterocycles. The summed E-state index contributed by atoms with van der Waals surface area (Å²) in [6.07, 6.45) is 1.67. The molecule has 0 bridgehead atoms. The van der Waals surface area contributed by atoms with Crippen LogP contribution in [-0.4, -0.2) is 21.1 Å². The van der Waals surface area contributed by atoms with Crippen molar-refractivity contribution >= 4 is 41.6 Å². The highest BCUT2D eigenvalue weighted by Crippen LogP contribution is 2.21. The molecular weight excluding hydrogens is 339 g/mol. The number of aromatic nitrogens is 3. The number of rotatable bonds is 3. The van der Waals surface area contributed by atoms with Gasteiger partial charge in [0.15, 0.2) is 5.82 Å². The van der Waals surface area contributed by atoms with Crippen molar-refractivity contribution in [2.75, 3.05) is 0 Å². The Kier molecular flexibility index (Phi) is 4.38. The van der Waals surface area contributed by atoms with Gasteiger partial charge in [0, 0.05) is 15.6 Å². The van der Waals surface area contributed by atoms with Crippen LogP contribution < -0.4 is 0 Å². The second-order valence-electron chi connectivity index (χ2n) is 4.47. The van der Waals surface area contributed by atoms with Crippen LogP contribution in [-0.2, 0) is 0 Å². The van der Waals surface area contributed by atoms with E-state index in [0.29, 0.717) is 20.6 Å². The maximum atomic E-state index is 6.02. The summed E-state index contributed by atoms with van der Waals surface area (Å²) in [5.41, 5.74) is 1.69. The largest absolute Gasteiger partial charge is 0.250 e. The van der Waals surface area contributed by atoms with Crippen LogP contribution in [0.2, 0.25) is 10.0 Å². The summed E-state index contributed by atoms with van der Waals surface area (Å²) in [6.45, 7) is 0. The first-order chi connectivity index (χ1) is 10.6. The molecule has 22 heavy (non-hydrogen) atoms. The average Bonchev–Trinajstić information content (AvgIpc) is 2.86. The maximum Gasteiger partial charge on any atom is 0.216 e. The smallest absolute Gasteiger partial charge is 0.216 e. The number of nitrogens with zero attached hydrogens (tertiary/aromatic N) is 3. The van der Waals surface area contributed by atoms with E-state index in [2.05, 4.69) is 15.3 Å². The van der Waals surface area contributed by atoms with Crippen molar-refractivity contribution in [2.24, 2.45) is 5.10 Å². The Bertz CT molecular complexity index is 898. The normalized spacial score (nSPS) is 11.2. The molecule has 0 radical (unpaired) electrons. The summed E-state index contributed by atoms with van der Waals surface area (Å²) in [5.74, 6) is 0.589. The molecule has 3 aromatic rings. The lowest BCUT2D eigenvalue weighted by Gasteiger charge is -2.01. The minimum absolute atomic E-state index is 0.397. The van der Waals surface area contributed by atoms with Crippen LogP contribution in [0.25, 0.3) is 11.4 Å². The molecule has 0 aliphatic heterocycles. The van der Waals surface area contributed by atoms with Crippen molar-refractivity contribution in [1.29, 1.82) is 0 Å². The molecule has 0 atom stereocenters. The van der Waals surface area contributed by atoms with Gasteiger partial charge in [-0.2, -0.15) is 14.9 Å². The molecular formula is C15H10Cl2N4S. The average molecular weight is 349 g/mol. The fourth-order valence-electron chi connectivity index (χ4n) is 1.92. The van der Waals surface area contributed by atoms with E-state index in [1.54, 1.807) is 29.1 Å². The molecule has 0 amide bonds. The van der Waals surface area contributed by atoms with E-state index < -0.39 is 0 Å². The van der Waals surface area contributed by atoms with Gasteiger partial charge in [0.2, 0.25) is 4.77 Å². The molecule has 7 heteroatoms.